The summed E-state index contributed by atoms with van der Waals surface area (Å²) in [5.41, 5.74) is 0.233. The molecule has 0 aliphatic rings. The Kier molecular flexibility index (Phi) is 6.93. The number of hydrogen-bond acceptors (Lipinski definition) is 6. The third-order valence-electron chi connectivity index (χ3n) is 3.39. The average Bonchev–Trinajstić information content (AvgIpc) is 2.62. The number of esters is 1. The zero-order chi connectivity index (χ0) is 19.3. The molecule has 136 valence electrons. The highest BCUT2D eigenvalue weighted by molar-refractivity contribution is 9.10. The van der Waals surface area contributed by atoms with E-state index in [9.17, 15) is 19.5 Å². The van der Waals surface area contributed by atoms with Crippen molar-refractivity contribution in [1.29, 1.82) is 0 Å². The third kappa shape index (κ3) is 4.50. The summed E-state index contributed by atoms with van der Waals surface area (Å²) in [6.07, 6.45) is -0.326. The van der Waals surface area contributed by atoms with Gasteiger partial charge >= 0.3 is 5.97 Å². The van der Waals surface area contributed by atoms with E-state index in [2.05, 4.69) is 31.9 Å². The summed E-state index contributed by atoms with van der Waals surface area (Å²) >= 11 is 6.48. The minimum Gasteiger partial charge on any atom is -0.507 e. The van der Waals surface area contributed by atoms with Crippen molar-refractivity contribution in [2.75, 3.05) is 6.61 Å². The molecule has 0 amide bonds. The van der Waals surface area contributed by atoms with Crippen LogP contribution < -0.4 is 4.74 Å². The van der Waals surface area contributed by atoms with Gasteiger partial charge in [-0.3, -0.25) is 9.59 Å². The normalized spacial score (nSPS) is 11.5. The molecule has 0 aromatic heterocycles. The number of aromatic hydroxyl groups is 1. The van der Waals surface area contributed by atoms with Crippen molar-refractivity contribution in [2.45, 2.75) is 13.0 Å². The first-order valence-corrected chi connectivity index (χ1v) is 9.05. The summed E-state index contributed by atoms with van der Waals surface area (Å²) < 4.78 is 11.9. The second kappa shape index (κ2) is 8.95. The van der Waals surface area contributed by atoms with Crippen LogP contribution in [-0.4, -0.2) is 30.3 Å². The van der Waals surface area contributed by atoms with E-state index in [1.165, 1.54) is 24.3 Å². The predicted octanol–water partition coefficient (Wildman–Crippen LogP) is 4.23. The first kappa shape index (κ1) is 20.1. The number of carbonyl (C=O) groups is 3. The number of carbonyl (C=O) groups excluding carboxylic acids is 3. The van der Waals surface area contributed by atoms with Crippen LogP contribution >= 0.6 is 31.9 Å². The van der Waals surface area contributed by atoms with Crippen LogP contribution in [0.3, 0.4) is 0 Å². The Bertz CT molecular complexity index is 850. The van der Waals surface area contributed by atoms with Crippen LogP contribution in [0.25, 0.3) is 0 Å². The molecule has 2 aromatic rings. The quantitative estimate of drug-likeness (QED) is 0.466. The van der Waals surface area contributed by atoms with Crippen molar-refractivity contribution in [3.05, 3.63) is 56.0 Å². The lowest BCUT2D eigenvalue weighted by atomic mass is 10.0. The van der Waals surface area contributed by atoms with Crippen LogP contribution in [0.4, 0.5) is 0 Å². The van der Waals surface area contributed by atoms with Crippen LogP contribution in [0.15, 0.2) is 39.3 Å². The maximum atomic E-state index is 12.4. The van der Waals surface area contributed by atoms with Crippen molar-refractivity contribution in [3.63, 3.8) is 0 Å². The monoisotopic (exact) mass is 484 g/mol. The summed E-state index contributed by atoms with van der Waals surface area (Å²) in [5.74, 6) is -1.03. The molecule has 0 spiro atoms. The molecule has 0 aliphatic carbocycles. The Morgan fingerprint density at radius 2 is 1.77 bits per heavy atom. The van der Waals surface area contributed by atoms with Gasteiger partial charge < -0.3 is 14.6 Å². The summed E-state index contributed by atoms with van der Waals surface area (Å²) in [7, 11) is 0. The van der Waals surface area contributed by atoms with Gasteiger partial charge in [-0.2, -0.15) is 0 Å². The molecule has 0 saturated carbocycles. The van der Waals surface area contributed by atoms with E-state index in [1.54, 1.807) is 13.0 Å². The molecule has 1 N–H and O–H groups in total. The minimum atomic E-state index is -1.37. The van der Waals surface area contributed by atoms with Gasteiger partial charge in [-0.25, -0.2) is 4.79 Å². The molecule has 26 heavy (non-hydrogen) atoms. The number of hydrogen-bond donors (Lipinski definition) is 1. The first-order valence-electron chi connectivity index (χ1n) is 7.46. The van der Waals surface area contributed by atoms with Crippen LogP contribution in [0, 0.1) is 0 Å². The number of rotatable bonds is 7. The number of phenolic OH excluding ortho intramolecular Hbond substituents is 1. The van der Waals surface area contributed by atoms with Crippen LogP contribution in [0.2, 0.25) is 0 Å². The lowest BCUT2D eigenvalue weighted by molar-refractivity contribution is -0.151. The lowest BCUT2D eigenvalue weighted by Crippen LogP contribution is -2.22. The van der Waals surface area contributed by atoms with Crippen molar-refractivity contribution >= 4 is 50.4 Å². The highest BCUT2D eigenvalue weighted by Gasteiger charge is 2.29. The van der Waals surface area contributed by atoms with Crippen molar-refractivity contribution < 1.29 is 29.0 Å². The van der Waals surface area contributed by atoms with Crippen molar-refractivity contribution in [2.24, 2.45) is 0 Å². The molecule has 0 fully saturated rings. The van der Waals surface area contributed by atoms with Gasteiger partial charge in [-0.15, -0.1) is 0 Å². The topological polar surface area (TPSA) is 89.9 Å². The van der Waals surface area contributed by atoms with Crippen LogP contribution in [0.1, 0.15) is 39.3 Å². The molecular formula is C18H14Br2O6. The fourth-order valence-corrected chi connectivity index (χ4v) is 3.11. The van der Waals surface area contributed by atoms with E-state index < -0.39 is 17.8 Å². The molecule has 2 aromatic carbocycles. The largest absolute Gasteiger partial charge is 0.507 e. The minimum absolute atomic E-state index is 0.0151. The molecule has 0 radical (unpaired) electrons. The highest BCUT2D eigenvalue weighted by Crippen LogP contribution is 2.35. The van der Waals surface area contributed by atoms with Gasteiger partial charge in [0, 0.05) is 14.5 Å². The summed E-state index contributed by atoms with van der Waals surface area (Å²) in [6.45, 7) is 1.72. The van der Waals surface area contributed by atoms with Crippen molar-refractivity contribution in [1.82, 2.24) is 0 Å². The maximum Gasteiger partial charge on any atom is 0.352 e. The van der Waals surface area contributed by atoms with Gasteiger partial charge in [0.05, 0.1) is 17.7 Å². The number of aldehydes is 2. The molecule has 0 aliphatic heterocycles. The number of benzene rings is 2. The molecule has 0 heterocycles. The second-order valence-electron chi connectivity index (χ2n) is 5.10. The standard InChI is InChI=1S/C18H14Br2O6/c1-2-25-18(24)17(14-7-13(20)6-11(9-22)16(14)23)26-15-4-3-12(19)5-10(15)8-21/h3-9,17,23H,2H2,1H3. The fourth-order valence-electron chi connectivity index (χ4n) is 2.23. The molecule has 0 saturated heterocycles. The average molecular weight is 486 g/mol. The van der Waals surface area contributed by atoms with Gasteiger partial charge in [-0.05, 0) is 37.3 Å². The number of halogens is 2. The predicted molar refractivity (Wildman–Crippen MR) is 101 cm³/mol. The summed E-state index contributed by atoms with van der Waals surface area (Å²) in [5, 5.41) is 10.3. The SMILES string of the molecule is CCOC(=O)C(Oc1ccc(Br)cc1C=O)c1cc(Br)cc(C=O)c1O. The Balaban J connectivity index is 2.56. The fraction of sp³-hybridized carbons (Fsp3) is 0.167. The first-order chi connectivity index (χ1) is 12.4. The van der Waals surface area contributed by atoms with Gasteiger partial charge in [0.1, 0.15) is 11.5 Å². The van der Waals surface area contributed by atoms with Gasteiger partial charge in [0.15, 0.2) is 12.6 Å². The number of ether oxygens (including phenoxy) is 2. The molecule has 0 bridgehead atoms. The third-order valence-corrected chi connectivity index (χ3v) is 4.34. The number of phenols is 1. The molecule has 2 rings (SSSR count). The zero-order valence-corrected chi connectivity index (χ0v) is 16.7. The smallest absolute Gasteiger partial charge is 0.352 e. The van der Waals surface area contributed by atoms with E-state index in [1.807, 2.05) is 0 Å². The molecule has 1 unspecified atom stereocenters. The molecule has 8 heteroatoms. The lowest BCUT2D eigenvalue weighted by Gasteiger charge is -2.20. The van der Waals surface area contributed by atoms with Gasteiger partial charge in [0.25, 0.3) is 0 Å². The van der Waals surface area contributed by atoms with Crippen LogP contribution in [-0.2, 0) is 9.53 Å². The van der Waals surface area contributed by atoms with E-state index in [4.69, 9.17) is 9.47 Å². The Labute approximate surface area is 166 Å². The van der Waals surface area contributed by atoms with Gasteiger partial charge in [-0.1, -0.05) is 31.9 Å². The van der Waals surface area contributed by atoms with Gasteiger partial charge in [0.2, 0.25) is 6.10 Å². The van der Waals surface area contributed by atoms with E-state index in [-0.39, 0.29) is 29.0 Å². The Hall–Kier alpha value is -2.19. The highest BCUT2D eigenvalue weighted by atomic mass is 79.9. The molecule has 6 nitrogen and oxygen atoms in total. The van der Waals surface area contributed by atoms with E-state index in [0.29, 0.717) is 21.5 Å². The van der Waals surface area contributed by atoms with E-state index >= 15 is 0 Å². The second-order valence-corrected chi connectivity index (χ2v) is 6.93. The van der Waals surface area contributed by atoms with E-state index in [0.717, 1.165) is 0 Å². The Morgan fingerprint density at radius 1 is 1.12 bits per heavy atom. The van der Waals surface area contributed by atoms with Crippen molar-refractivity contribution in [3.8, 4) is 11.5 Å². The van der Waals surface area contributed by atoms with Crippen LogP contribution in [0.5, 0.6) is 11.5 Å². The maximum absolute atomic E-state index is 12.4. The Morgan fingerprint density at radius 3 is 2.38 bits per heavy atom. The molecule has 1 atom stereocenters. The summed E-state index contributed by atoms with van der Waals surface area (Å²) in [6, 6.07) is 7.54. The molecular weight excluding hydrogens is 472 g/mol. The summed E-state index contributed by atoms with van der Waals surface area (Å²) in [4.78, 5) is 34.9. The zero-order valence-electron chi connectivity index (χ0n) is 13.6.